The van der Waals surface area contributed by atoms with Gasteiger partial charge in [-0.05, 0) is 12.1 Å². The van der Waals surface area contributed by atoms with Gasteiger partial charge >= 0.3 is 0 Å². The van der Waals surface area contributed by atoms with Gasteiger partial charge in [0.15, 0.2) is 0 Å². The first-order valence-corrected chi connectivity index (χ1v) is 7.09. The van der Waals surface area contributed by atoms with Crippen molar-refractivity contribution in [2.45, 2.75) is 6.10 Å². The van der Waals surface area contributed by atoms with E-state index in [4.69, 9.17) is 4.74 Å². The van der Waals surface area contributed by atoms with Gasteiger partial charge in [-0.25, -0.2) is 4.98 Å². The molecule has 1 unspecified atom stereocenters. The average Bonchev–Trinajstić information content (AvgIpc) is 2.47. The van der Waals surface area contributed by atoms with Crippen molar-refractivity contribution in [3.63, 3.8) is 0 Å². The lowest BCUT2D eigenvalue weighted by atomic mass is 10.1. The minimum absolute atomic E-state index is 0.0466. The van der Waals surface area contributed by atoms with Gasteiger partial charge in [0.1, 0.15) is 5.82 Å². The molecule has 0 saturated carbocycles. The zero-order chi connectivity index (χ0) is 13.2. The number of halogens is 1. The smallest absolute Gasteiger partial charge is 0.136 e. The highest BCUT2D eigenvalue weighted by Crippen LogP contribution is 2.30. The van der Waals surface area contributed by atoms with Crippen molar-refractivity contribution in [2.75, 3.05) is 31.2 Å². The topological polar surface area (TPSA) is 45.6 Å². The zero-order valence-corrected chi connectivity index (χ0v) is 12.0. The van der Waals surface area contributed by atoms with Gasteiger partial charge < -0.3 is 14.7 Å². The first-order chi connectivity index (χ1) is 9.29. The summed E-state index contributed by atoms with van der Waals surface area (Å²) in [6.07, 6.45) is 1.70. The van der Waals surface area contributed by atoms with Crippen LogP contribution in [0.3, 0.4) is 0 Å². The molecule has 3 rings (SSSR count). The summed E-state index contributed by atoms with van der Waals surface area (Å²) >= 11 is 3.57. The fourth-order valence-electron chi connectivity index (χ4n) is 2.43. The molecule has 1 N–H and O–H groups in total. The molecule has 0 bridgehead atoms. The predicted octanol–water partition coefficient (Wildman–Crippen LogP) is 2.19. The van der Waals surface area contributed by atoms with E-state index in [1.54, 1.807) is 0 Å². The number of nitrogens with zero attached hydrogens (tertiary/aromatic N) is 2. The Hall–Kier alpha value is -1.17. The summed E-state index contributed by atoms with van der Waals surface area (Å²) in [5.41, 5.74) is 0. The van der Waals surface area contributed by atoms with Gasteiger partial charge in [-0.2, -0.15) is 0 Å². The summed E-state index contributed by atoms with van der Waals surface area (Å²) in [7, 11) is 0. The molecule has 0 aliphatic carbocycles. The molecular formula is C14H15BrN2O2. The van der Waals surface area contributed by atoms with E-state index in [2.05, 4.69) is 31.9 Å². The zero-order valence-electron chi connectivity index (χ0n) is 10.4. The van der Waals surface area contributed by atoms with Crippen molar-refractivity contribution in [3.8, 4) is 0 Å². The van der Waals surface area contributed by atoms with Crippen molar-refractivity contribution in [1.82, 2.24) is 4.98 Å². The van der Waals surface area contributed by atoms with Gasteiger partial charge in [0.25, 0.3) is 0 Å². The van der Waals surface area contributed by atoms with E-state index in [1.807, 2.05) is 24.4 Å². The predicted molar refractivity (Wildman–Crippen MR) is 78.5 cm³/mol. The van der Waals surface area contributed by atoms with Crippen LogP contribution in [0.5, 0.6) is 0 Å². The number of benzene rings is 1. The van der Waals surface area contributed by atoms with Crippen LogP contribution in [0.1, 0.15) is 0 Å². The lowest BCUT2D eigenvalue weighted by Crippen LogP contribution is -2.44. The second-order valence-corrected chi connectivity index (χ2v) is 5.45. The number of fused-ring (bicyclic) bond motifs is 1. The third-order valence-corrected chi connectivity index (χ3v) is 4.07. The highest BCUT2D eigenvalue weighted by molar-refractivity contribution is 9.10. The number of pyridine rings is 1. The summed E-state index contributed by atoms with van der Waals surface area (Å²) in [4.78, 5) is 6.69. The molecule has 0 spiro atoms. The third-order valence-electron chi connectivity index (χ3n) is 3.37. The Morgan fingerprint density at radius 2 is 2.26 bits per heavy atom. The fourth-order valence-corrected chi connectivity index (χ4v) is 2.93. The normalized spacial score (nSPS) is 19.9. The van der Waals surface area contributed by atoms with E-state index in [-0.39, 0.29) is 12.7 Å². The molecule has 1 atom stereocenters. The number of aliphatic hydroxyl groups excluding tert-OH is 1. The Balaban J connectivity index is 2.03. The summed E-state index contributed by atoms with van der Waals surface area (Å²) < 4.78 is 6.56. The molecular weight excluding hydrogens is 308 g/mol. The molecule has 1 aromatic carbocycles. The van der Waals surface area contributed by atoms with E-state index in [0.717, 1.165) is 27.6 Å². The molecule has 5 heteroatoms. The van der Waals surface area contributed by atoms with Gasteiger partial charge in [0.2, 0.25) is 0 Å². The first-order valence-electron chi connectivity index (χ1n) is 6.30. The largest absolute Gasteiger partial charge is 0.394 e. The van der Waals surface area contributed by atoms with E-state index >= 15 is 0 Å². The molecule has 1 fully saturated rings. The number of hydrogen-bond donors (Lipinski definition) is 1. The summed E-state index contributed by atoms with van der Waals surface area (Å²) in [5, 5.41) is 11.5. The minimum atomic E-state index is -0.127. The number of hydrogen-bond acceptors (Lipinski definition) is 4. The Morgan fingerprint density at radius 1 is 1.37 bits per heavy atom. The average molecular weight is 323 g/mol. The van der Waals surface area contributed by atoms with Gasteiger partial charge in [-0.15, -0.1) is 0 Å². The number of aromatic nitrogens is 1. The van der Waals surface area contributed by atoms with Gasteiger partial charge in [0, 0.05) is 34.5 Å². The minimum Gasteiger partial charge on any atom is -0.394 e. The molecule has 1 aliphatic heterocycles. The molecule has 2 heterocycles. The van der Waals surface area contributed by atoms with Gasteiger partial charge in [-0.1, -0.05) is 28.1 Å². The Labute approximate surface area is 120 Å². The maximum atomic E-state index is 9.23. The number of aliphatic hydroxyl groups is 1. The van der Waals surface area contributed by atoms with Crippen LogP contribution in [0.15, 0.2) is 34.9 Å². The molecule has 1 aliphatic rings. The molecule has 4 nitrogen and oxygen atoms in total. The van der Waals surface area contributed by atoms with E-state index in [1.165, 1.54) is 0 Å². The van der Waals surface area contributed by atoms with Crippen molar-refractivity contribution in [2.24, 2.45) is 0 Å². The van der Waals surface area contributed by atoms with Crippen molar-refractivity contribution in [1.29, 1.82) is 0 Å². The van der Waals surface area contributed by atoms with Crippen LogP contribution in [-0.4, -0.2) is 42.5 Å². The lowest BCUT2D eigenvalue weighted by Gasteiger charge is -2.33. The standard InChI is InChI=1S/C14H15BrN2O2/c15-13-3-1-2-12-11(13)4-5-16-14(12)17-6-7-19-10(8-17)9-18/h1-5,10,18H,6-9H2. The lowest BCUT2D eigenvalue weighted by molar-refractivity contribution is 0.00344. The molecule has 2 aromatic rings. The fraction of sp³-hybridized carbons (Fsp3) is 0.357. The van der Waals surface area contributed by atoms with Gasteiger partial charge in [0.05, 0.1) is 19.3 Å². The second-order valence-electron chi connectivity index (χ2n) is 4.59. The van der Waals surface area contributed by atoms with E-state index in [9.17, 15) is 5.11 Å². The summed E-state index contributed by atoms with van der Waals surface area (Å²) in [6, 6.07) is 8.13. The molecule has 1 saturated heterocycles. The molecule has 1 aromatic heterocycles. The molecule has 0 amide bonds. The van der Waals surface area contributed by atoms with Crippen LogP contribution in [-0.2, 0) is 4.74 Å². The van der Waals surface area contributed by atoms with Crippen LogP contribution in [0.4, 0.5) is 5.82 Å². The Bertz CT molecular complexity index is 591. The molecule has 19 heavy (non-hydrogen) atoms. The first kappa shape index (κ1) is 12.8. The highest BCUT2D eigenvalue weighted by atomic mass is 79.9. The Kier molecular flexibility index (Phi) is 3.68. The SMILES string of the molecule is OCC1CN(c2nccc3c(Br)cccc23)CCO1. The molecule has 100 valence electrons. The van der Waals surface area contributed by atoms with Crippen LogP contribution >= 0.6 is 15.9 Å². The third kappa shape index (κ3) is 2.45. The van der Waals surface area contributed by atoms with Crippen LogP contribution < -0.4 is 4.90 Å². The number of morpholine rings is 1. The van der Waals surface area contributed by atoms with Crippen LogP contribution in [0.2, 0.25) is 0 Å². The van der Waals surface area contributed by atoms with Crippen molar-refractivity contribution in [3.05, 3.63) is 34.9 Å². The quantitative estimate of drug-likeness (QED) is 0.920. The number of anilines is 1. The van der Waals surface area contributed by atoms with Gasteiger partial charge in [-0.3, -0.25) is 0 Å². The maximum absolute atomic E-state index is 9.23. The second kappa shape index (κ2) is 5.45. The van der Waals surface area contributed by atoms with Crippen LogP contribution in [0.25, 0.3) is 10.8 Å². The Morgan fingerprint density at radius 3 is 3.11 bits per heavy atom. The van der Waals surface area contributed by atoms with E-state index < -0.39 is 0 Å². The number of ether oxygens (including phenoxy) is 1. The van der Waals surface area contributed by atoms with Crippen molar-refractivity contribution < 1.29 is 9.84 Å². The monoisotopic (exact) mass is 322 g/mol. The summed E-state index contributed by atoms with van der Waals surface area (Å²) in [5.74, 6) is 0.959. The van der Waals surface area contributed by atoms with E-state index in [0.29, 0.717) is 13.2 Å². The highest BCUT2D eigenvalue weighted by Gasteiger charge is 2.22. The van der Waals surface area contributed by atoms with Crippen molar-refractivity contribution >= 4 is 32.5 Å². The van der Waals surface area contributed by atoms with Crippen LogP contribution in [0, 0.1) is 0 Å². The molecule has 0 radical (unpaired) electrons. The number of rotatable bonds is 2. The summed E-state index contributed by atoms with van der Waals surface area (Å²) in [6.45, 7) is 2.15. The maximum Gasteiger partial charge on any atom is 0.136 e.